The Bertz CT molecular complexity index is 491. The number of carbonyl (C=O) groups is 3. The maximum atomic E-state index is 11.6. The third-order valence-electron chi connectivity index (χ3n) is 3.51. The number of aliphatic imine (C=N–C) groups is 2. The summed E-state index contributed by atoms with van der Waals surface area (Å²) in [5.41, 5.74) is 0. The molecule has 0 atom stereocenters. The Labute approximate surface area is 152 Å². The van der Waals surface area contributed by atoms with E-state index in [9.17, 15) is 24.0 Å². The summed E-state index contributed by atoms with van der Waals surface area (Å²) in [5, 5.41) is 4.84. The van der Waals surface area contributed by atoms with E-state index in [0.29, 0.717) is 39.0 Å². The van der Waals surface area contributed by atoms with Crippen LogP contribution < -0.4 is 10.6 Å². The van der Waals surface area contributed by atoms with E-state index in [1.54, 1.807) is 0 Å². The molecule has 0 fully saturated rings. The van der Waals surface area contributed by atoms with E-state index >= 15 is 0 Å². The second-order valence-corrected chi connectivity index (χ2v) is 5.62. The van der Waals surface area contributed by atoms with Crippen LogP contribution in [0.15, 0.2) is 9.98 Å². The molecule has 144 valence electrons. The maximum Gasteiger partial charge on any atom is 0.307 e. The van der Waals surface area contributed by atoms with Gasteiger partial charge in [-0.1, -0.05) is 25.7 Å². The number of ketones is 1. The normalized spacial score (nSPS) is 9.54. The lowest BCUT2D eigenvalue weighted by Gasteiger charge is -2.05. The summed E-state index contributed by atoms with van der Waals surface area (Å²) in [7, 11) is 0. The molecule has 0 unspecified atom stereocenters. The molecule has 26 heavy (non-hydrogen) atoms. The quantitative estimate of drug-likeness (QED) is 0.135. The Morgan fingerprint density at radius 2 is 1.00 bits per heavy atom. The zero-order valence-electron chi connectivity index (χ0n) is 14.9. The number of rotatable bonds is 16. The Morgan fingerprint density at radius 1 is 0.615 bits per heavy atom. The van der Waals surface area contributed by atoms with Gasteiger partial charge in [-0.05, 0) is 25.7 Å². The van der Waals surface area contributed by atoms with E-state index in [-0.39, 0.29) is 0 Å². The van der Waals surface area contributed by atoms with Gasteiger partial charge in [-0.2, -0.15) is 0 Å². The van der Waals surface area contributed by atoms with Gasteiger partial charge < -0.3 is 10.6 Å². The zero-order chi connectivity index (χ0) is 19.5. The van der Waals surface area contributed by atoms with Crippen LogP contribution in [0, 0.1) is 0 Å². The first-order chi connectivity index (χ1) is 12.6. The summed E-state index contributed by atoms with van der Waals surface area (Å²) in [6.07, 6.45) is 9.21. The van der Waals surface area contributed by atoms with Crippen LogP contribution in [-0.2, 0) is 24.0 Å². The highest BCUT2D eigenvalue weighted by Crippen LogP contribution is 1.99. The minimum atomic E-state index is -1.09. The molecule has 2 N–H and O–H groups in total. The average molecular weight is 366 g/mol. The number of hydrogen-bond donors (Lipinski definition) is 2. The van der Waals surface area contributed by atoms with Crippen molar-refractivity contribution in [1.82, 2.24) is 10.6 Å². The summed E-state index contributed by atoms with van der Waals surface area (Å²) < 4.78 is 0. The lowest BCUT2D eigenvalue weighted by molar-refractivity contribution is -0.145. The molecule has 0 aromatic heterocycles. The molecule has 0 aliphatic heterocycles. The first-order valence-electron chi connectivity index (χ1n) is 8.81. The van der Waals surface area contributed by atoms with Crippen molar-refractivity contribution >= 4 is 29.8 Å². The molecular weight excluding hydrogens is 340 g/mol. The van der Waals surface area contributed by atoms with E-state index in [0.717, 1.165) is 38.5 Å². The average Bonchev–Trinajstić information content (AvgIpc) is 2.65. The van der Waals surface area contributed by atoms with Gasteiger partial charge in [0.15, 0.2) is 0 Å². The second-order valence-electron chi connectivity index (χ2n) is 5.62. The van der Waals surface area contributed by atoms with Crippen LogP contribution in [0.1, 0.15) is 51.4 Å². The van der Waals surface area contributed by atoms with Crippen LogP contribution >= 0.6 is 0 Å². The predicted molar refractivity (Wildman–Crippen MR) is 93.9 cm³/mol. The molecule has 0 radical (unpaired) electrons. The summed E-state index contributed by atoms with van der Waals surface area (Å²) in [6, 6.07) is 0. The van der Waals surface area contributed by atoms with Crippen molar-refractivity contribution in [3.05, 3.63) is 0 Å². The molecular formula is C17H26N4O5. The molecule has 0 rings (SSSR count). The molecule has 0 heterocycles. The zero-order valence-corrected chi connectivity index (χ0v) is 14.9. The number of hydrogen-bond acceptors (Lipinski definition) is 7. The first-order valence-corrected chi connectivity index (χ1v) is 8.81. The lowest BCUT2D eigenvalue weighted by atomic mass is 10.2. The van der Waals surface area contributed by atoms with Crippen LogP contribution in [-0.4, -0.2) is 55.9 Å². The van der Waals surface area contributed by atoms with Crippen molar-refractivity contribution in [2.24, 2.45) is 9.98 Å². The highest BCUT2D eigenvalue weighted by molar-refractivity contribution is 6.62. The molecule has 0 aromatic carbocycles. The van der Waals surface area contributed by atoms with Crippen molar-refractivity contribution < 1.29 is 24.0 Å². The van der Waals surface area contributed by atoms with Crippen LogP contribution in [0.3, 0.4) is 0 Å². The van der Waals surface area contributed by atoms with Gasteiger partial charge in [0.2, 0.25) is 12.2 Å². The number of nitrogens with one attached hydrogen (secondary N) is 2. The van der Waals surface area contributed by atoms with E-state index in [1.165, 1.54) is 12.2 Å². The highest BCUT2D eigenvalue weighted by Gasteiger charge is 2.21. The maximum absolute atomic E-state index is 11.6. The molecule has 0 saturated carbocycles. The summed E-state index contributed by atoms with van der Waals surface area (Å²) >= 11 is 0. The largest absolute Gasteiger partial charge is 0.349 e. The Hall–Kier alpha value is -2.63. The fourth-order valence-corrected chi connectivity index (χ4v) is 2.10. The first kappa shape index (κ1) is 23.4. The SMILES string of the molecule is O=C=NCCCCCCNC(=O)C(=O)C(=O)NCCCCCCN=C=O. The number of amides is 2. The van der Waals surface area contributed by atoms with Crippen LogP contribution in [0.2, 0.25) is 0 Å². The molecule has 9 heteroatoms. The number of carbonyl (C=O) groups excluding carboxylic acids is 5. The van der Waals surface area contributed by atoms with Gasteiger partial charge in [0, 0.05) is 13.1 Å². The van der Waals surface area contributed by atoms with E-state index in [1.807, 2.05) is 0 Å². The van der Waals surface area contributed by atoms with E-state index in [4.69, 9.17) is 0 Å². The van der Waals surface area contributed by atoms with E-state index in [2.05, 4.69) is 20.6 Å². The third kappa shape index (κ3) is 13.8. The van der Waals surface area contributed by atoms with Gasteiger partial charge >= 0.3 is 5.78 Å². The van der Waals surface area contributed by atoms with Crippen molar-refractivity contribution in [2.45, 2.75) is 51.4 Å². The van der Waals surface area contributed by atoms with E-state index < -0.39 is 17.6 Å². The van der Waals surface area contributed by atoms with Gasteiger partial charge in [-0.3, -0.25) is 14.4 Å². The van der Waals surface area contributed by atoms with Crippen LogP contribution in [0.4, 0.5) is 0 Å². The molecule has 0 spiro atoms. The molecule has 0 bridgehead atoms. The van der Waals surface area contributed by atoms with Crippen LogP contribution in [0.5, 0.6) is 0 Å². The van der Waals surface area contributed by atoms with Gasteiger partial charge in [0.05, 0.1) is 13.1 Å². The van der Waals surface area contributed by atoms with Crippen molar-refractivity contribution in [1.29, 1.82) is 0 Å². The Kier molecular flexibility index (Phi) is 15.5. The summed E-state index contributed by atoms with van der Waals surface area (Å²) in [6.45, 7) is 1.53. The predicted octanol–water partition coefficient (Wildman–Crippen LogP) is 0.580. The lowest BCUT2D eigenvalue weighted by Crippen LogP contribution is -2.42. The molecule has 9 nitrogen and oxygen atoms in total. The third-order valence-corrected chi connectivity index (χ3v) is 3.51. The fraction of sp³-hybridized carbons (Fsp3) is 0.706. The van der Waals surface area contributed by atoms with Crippen molar-refractivity contribution in [2.75, 3.05) is 26.2 Å². The Balaban J connectivity index is 3.65. The van der Waals surface area contributed by atoms with Crippen molar-refractivity contribution in [3.63, 3.8) is 0 Å². The second kappa shape index (κ2) is 17.2. The molecule has 2 amide bonds. The number of nitrogens with zero attached hydrogens (tertiary/aromatic N) is 2. The van der Waals surface area contributed by atoms with Gasteiger partial charge in [0.25, 0.3) is 11.8 Å². The standard InChI is InChI=1S/C17H26N4O5/c22-13-18-9-5-1-3-7-11-20-16(25)15(24)17(26)21-12-8-4-2-6-10-19-14-23/h1-12H2,(H,20,25)(H,21,26). The molecule has 0 saturated heterocycles. The summed E-state index contributed by atoms with van der Waals surface area (Å²) in [4.78, 5) is 61.3. The number of unbranched alkanes of at least 4 members (excludes halogenated alkanes) is 6. The fourth-order valence-electron chi connectivity index (χ4n) is 2.10. The van der Waals surface area contributed by atoms with Gasteiger partial charge in [0.1, 0.15) is 0 Å². The van der Waals surface area contributed by atoms with Gasteiger partial charge in [-0.25, -0.2) is 19.6 Å². The monoisotopic (exact) mass is 366 g/mol. The minimum Gasteiger partial charge on any atom is -0.349 e. The smallest absolute Gasteiger partial charge is 0.307 e. The molecule has 0 aliphatic carbocycles. The highest BCUT2D eigenvalue weighted by atomic mass is 16.2. The molecule has 0 aromatic rings. The Morgan fingerprint density at radius 3 is 1.38 bits per heavy atom. The number of isocyanates is 2. The van der Waals surface area contributed by atoms with Gasteiger partial charge in [-0.15, -0.1) is 0 Å². The topological polar surface area (TPSA) is 134 Å². The van der Waals surface area contributed by atoms with Crippen molar-refractivity contribution in [3.8, 4) is 0 Å². The number of Topliss-reactive ketones (excluding diaryl/α,β-unsaturated/α-hetero) is 1. The van der Waals surface area contributed by atoms with Crippen LogP contribution in [0.25, 0.3) is 0 Å². The summed E-state index contributed by atoms with van der Waals surface area (Å²) in [5.74, 6) is -2.90. The molecule has 0 aliphatic rings. The minimum absolute atomic E-state index is 0.318.